The summed E-state index contributed by atoms with van der Waals surface area (Å²) < 4.78 is 10.7. The number of aromatic nitrogens is 2. The highest BCUT2D eigenvalue weighted by Crippen LogP contribution is 2.33. The average molecular weight is 454 g/mol. The highest BCUT2D eigenvalue weighted by Gasteiger charge is 2.48. The molecule has 1 saturated heterocycles. The summed E-state index contributed by atoms with van der Waals surface area (Å²) in [6, 6.07) is 11.0. The van der Waals surface area contributed by atoms with Gasteiger partial charge in [-0.05, 0) is 30.5 Å². The number of oxime groups is 1. The Kier molecular flexibility index (Phi) is 6.22. The van der Waals surface area contributed by atoms with Crippen LogP contribution in [-0.2, 0) is 21.0 Å². The van der Waals surface area contributed by atoms with Gasteiger partial charge in [-0.3, -0.25) is 14.5 Å². The molecule has 1 aliphatic rings. The zero-order chi connectivity index (χ0) is 23.4. The third kappa shape index (κ3) is 4.48. The number of hydrogen-bond donors (Lipinski definition) is 2. The van der Waals surface area contributed by atoms with Crippen molar-refractivity contribution in [1.82, 2.24) is 15.0 Å². The Morgan fingerprint density at radius 1 is 1.15 bits per heavy atom. The number of likely N-dealkylation sites (tertiary alicyclic amines) is 1. The number of hydrogen-bond acceptors (Lipinski definition) is 9. The van der Waals surface area contributed by atoms with Crippen LogP contribution in [0, 0.1) is 5.41 Å². The number of furan rings is 1. The second kappa shape index (κ2) is 9.25. The summed E-state index contributed by atoms with van der Waals surface area (Å²) in [6.07, 6.45) is 1.65. The molecule has 0 radical (unpaired) electrons. The van der Waals surface area contributed by atoms with E-state index in [4.69, 9.17) is 13.8 Å². The maximum atomic E-state index is 11.5. The van der Waals surface area contributed by atoms with Crippen LogP contribution in [0.1, 0.15) is 30.1 Å². The maximum Gasteiger partial charge on any atom is 0.321 e. The zero-order valence-corrected chi connectivity index (χ0v) is 17.8. The number of benzene rings is 1. The van der Waals surface area contributed by atoms with Gasteiger partial charge < -0.3 is 24.0 Å². The number of nitrogens with zero attached hydrogens (tertiary/aromatic N) is 4. The van der Waals surface area contributed by atoms with Gasteiger partial charge in [0.05, 0.1) is 6.26 Å². The predicted octanol–water partition coefficient (Wildman–Crippen LogP) is 2.48. The van der Waals surface area contributed by atoms with E-state index in [-0.39, 0.29) is 24.4 Å². The third-order valence-corrected chi connectivity index (χ3v) is 5.71. The Balaban J connectivity index is 1.42. The first kappa shape index (κ1) is 22.2. The quantitative estimate of drug-likeness (QED) is 0.295. The van der Waals surface area contributed by atoms with Crippen LogP contribution >= 0.6 is 0 Å². The van der Waals surface area contributed by atoms with Crippen LogP contribution < -0.4 is 0 Å². The standard InChI is InChI=1S/C22H22N4O7/c1-31-24-17(16-3-2-12-32-16)19-23-18(25-33-19)15-6-4-14(5-7-15)13-26-10-8-22(9-11-26,20(27)28)21(29)30/h2-7,12H,8-11,13H2,1H3,(H,27,28)(H,29,30). The Morgan fingerprint density at radius 3 is 2.42 bits per heavy atom. The molecule has 0 atom stereocenters. The van der Waals surface area contributed by atoms with Crippen LogP contribution in [0.5, 0.6) is 0 Å². The van der Waals surface area contributed by atoms with Gasteiger partial charge >= 0.3 is 11.9 Å². The van der Waals surface area contributed by atoms with Crippen LogP contribution in [0.2, 0.25) is 0 Å². The topological polar surface area (TPSA) is 151 Å². The Labute approximate surface area is 188 Å². The lowest BCUT2D eigenvalue weighted by Gasteiger charge is -2.36. The van der Waals surface area contributed by atoms with Crippen LogP contribution in [0.3, 0.4) is 0 Å². The summed E-state index contributed by atoms with van der Waals surface area (Å²) in [7, 11) is 1.41. The Hall–Kier alpha value is -3.99. The molecule has 0 spiro atoms. The molecule has 11 heteroatoms. The van der Waals surface area contributed by atoms with Crippen molar-refractivity contribution in [3.8, 4) is 11.4 Å². The molecule has 172 valence electrons. The smallest absolute Gasteiger partial charge is 0.321 e. The summed E-state index contributed by atoms with van der Waals surface area (Å²) in [5, 5.41) is 26.6. The molecule has 1 aliphatic heterocycles. The van der Waals surface area contributed by atoms with Gasteiger partial charge in [-0.25, -0.2) is 0 Å². The molecule has 0 aliphatic carbocycles. The first-order chi connectivity index (χ1) is 15.9. The van der Waals surface area contributed by atoms with Gasteiger partial charge in [-0.2, -0.15) is 4.98 Å². The number of piperidine rings is 1. The minimum atomic E-state index is -1.70. The minimum absolute atomic E-state index is 0.0718. The van der Waals surface area contributed by atoms with Gasteiger partial charge in [0.25, 0.3) is 5.89 Å². The summed E-state index contributed by atoms with van der Waals surface area (Å²) in [5.74, 6) is -1.59. The highest BCUT2D eigenvalue weighted by atomic mass is 16.6. The van der Waals surface area contributed by atoms with Gasteiger partial charge in [0.15, 0.2) is 11.2 Å². The molecule has 0 saturated carbocycles. The molecule has 2 N–H and O–H groups in total. The van der Waals surface area contributed by atoms with E-state index in [0.717, 1.165) is 11.1 Å². The van der Waals surface area contributed by atoms with E-state index >= 15 is 0 Å². The lowest BCUT2D eigenvalue weighted by Crippen LogP contribution is -2.48. The van der Waals surface area contributed by atoms with Crippen LogP contribution in [0.4, 0.5) is 0 Å². The van der Waals surface area contributed by atoms with Gasteiger partial charge in [-0.1, -0.05) is 34.6 Å². The second-order valence-electron chi connectivity index (χ2n) is 7.69. The van der Waals surface area contributed by atoms with Crippen LogP contribution in [0.15, 0.2) is 56.8 Å². The van der Waals surface area contributed by atoms with Gasteiger partial charge in [0.1, 0.15) is 7.11 Å². The molecule has 4 rings (SSSR count). The van der Waals surface area contributed by atoms with E-state index in [1.54, 1.807) is 12.1 Å². The summed E-state index contributed by atoms with van der Waals surface area (Å²) in [5.41, 5.74) is 0.316. The fourth-order valence-corrected chi connectivity index (χ4v) is 3.76. The molecular formula is C22H22N4O7. The van der Waals surface area contributed by atoms with Crippen LogP contribution in [-0.4, -0.2) is 63.1 Å². The van der Waals surface area contributed by atoms with Crippen molar-refractivity contribution in [3.05, 3.63) is 59.9 Å². The van der Waals surface area contributed by atoms with Gasteiger partial charge in [-0.15, -0.1) is 0 Å². The zero-order valence-electron chi connectivity index (χ0n) is 17.8. The molecule has 0 unspecified atom stereocenters. The molecule has 3 aromatic rings. The van der Waals surface area contributed by atoms with E-state index in [9.17, 15) is 19.8 Å². The lowest BCUT2D eigenvalue weighted by molar-refractivity contribution is -0.168. The largest absolute Gasteiger partial charge is 0.480 e. The summed E-state index contributed by atoms with van der Waals surface area (Å²) in [4.78, 5) is 34.2. The number of carbonyl (C=O) groups is 2. The van der Waals surface area contributed by atoms with Crippen molar-refractivity contribution in [2.24, 2.45) is 10.6 Å². The van der Waals surface area contributed by atoms with Crippen LogP contribution in [0.25, 0.3) is 11.4 Å². The van der Waals surface area contributed by atoms with Crippen molar-refractivity contribution in [3.63, 3.8) is 0 Å². The van der Waals surface area contributed by atoms with Gasteiger partial charge in [0, 0.05) is 25.2 Å². The third-order valence-electron chi connectivity index (χ3n) is 5.71. The summed E-state index contributed by atoms with van der Waals surface area (Å²) >= 11 is 0. The SMILES string of the molecule is CON=C(c1ccco1)c1nc(-c2ccc(CN3CCC(C(=O)O)(C(=O)O)CC3)cc2)no1. The molecule has 1 fully saturated rings. The first-order valence-electron chi connectivity index (χ1n) is 10.2. The fraction of sp³-hybridized carbons (Fsp3) is 0.318. The van der Waals surface area contributed by atoms with E-state index in [1.807, 2.05) is 29.2 Å². The van der Waals surface area contributed by atoms with Crippen molar-refractivity contribution >= 4 is 17.7 Å². The molecule has 0 bridgehead atoms. The van der Waals surface area contributed by atoms with Crippen molar-refractivity contribution < 1.29 is 33.6 Å². The molecule has 11 nitrogen and oxygen atoms in total. The number of rotatable bonds is 8. The molecule has 1 aromatic carbocycles. The monoisotopic (exact) mass is 454 g/mol. The van der Waals surface area contributed by atoms with Crippen molar-refractivity contribution in [2.45, 2.75) is 19.4 Å². The Bertz CT molecular complexity index is 1130. The fourth-order valence-electron chi connectivity index (χ4n) is 3.76. The number of aliphatic carboxylic acids is 2. The highest BCUT2D eigenvalue weighted by molar-refractivity contribution is 6.07. The van der Waals surface area contributed by atoms with E-state index < -0.39 is 17.4 Å². The minimum Gasteiger partial charge on any atom is -0.480 e. The van der Waals surface area contributed by atoms with E-state index in [2.05, 4.69) is 15.3 Å². The maximum absolute atomic E-state index is 11.5. The van der Waals surface area contributed by atoms with Crippen molar-refractivity contribution in [1.29, 1.82) is 0 Å². The number of carboxylic acids is 2. The molecular weight excluding hydrogens is 432 g/mol. The molecule has 0 amide bonds. The summed E-state index contributed by atoms with van der Waals surface area (Å²) in [6.45, 7) is 1.36. The molecule has 2 aromatic heterocycles. The normalized spacial score (nSPS) is 16.5. The average Bonchev–Trinajstić information content (AvgIpc) is 3.51. The van der Waals surface area contributed by atoms with E-state index in [0.29, 0.717) is 31.2 Å². The molecule has 33 heavy (non-hydrogen) atoms. The number of carboxylic acid groups (broad SMARTS) is 2. The lowest BCUT2D eigenvalue weighted by atomic mass is 9.78. The Morgan fingerprint density at radius 2 is 1.85 bits per heavy atom. The first-order valence-corrected chi connectivity index (χ1v) is 10.2. The predicted molar refractivity (Wildman–Crippen MR) is 113 cm³/mol. The van der Waals surface area contributed by atoms with Crippen molar-refractivity contribution in [2.75, 3.05) is 20.2 Å². The molecule has 3 heterocycles. The second-order valence-corrected chi connectivity index (χ2v) is 7.69. The van der Waals surface area contributed by atoms with E-state index in [1.165, 1.54) is 13.4 Å². The van der Waals surface area contributed by atoms with Gasteiger partial charge in [0.2, 0.25) is 11.5 Å².